The summed E-state index contributed by atoms with van der Waals surface area (Å²) < 4.78 is 1.77. The fraction of sp³-hybridized carbons (Fsp3) is 0.0526. The second-order valence-electron chi connectivity index (χ2n) is 5.14. The van der Waals surface area contributed by atoms with Crippen LogP contribution in [0.15, 0.2) is 66.9 Å². The van der Waals surface area contributed by atoms with E-state index in [2.05, 4.69) is 5.10 Å². The summed E-state index contributed by atoms with van der Waals surface area (Å²) in [5.74, 6) is -0.0698. The van der Waals surface area contributed by atoms with Crippen molar-refractivity contribution in [1.29, 1.82) is 0 Å². The van der Waals surface area contributed by atoms with Gasteiger partial charge in [-0.1, -0.05) is 48.0 Å². The quantitative estimate of drug-likeness (QED) is 0.514. The van der Waals surface area contributed by atoms with Gasteiger partial charge < -0.3 is 0 Å². The van der Waals surface area contributed by atoms with Crippen LogP contribution in [0.3, 0.4) is 0 Å². The molecule has 0 unspecified atom stereocenters. The van der Waals surface area contributed by atoms with E-state index < -0.39 is 0 Å². The summed E-state index contributed by atoms with van der Waals surface area (Å²) in [4.78, 5) is 12.4. The zero-order valence-corrected chi connectivity index (χ0v) is 13.4. The number of hydrogen-bond donors (Lipinski definition) is 0. The lowest BCUT2D eigenvalue weighted by Gasteiger charge is -2.04. The smallest absolute Gasteiger partial charge is 0.189 e. The van der Waals surface area contributed by atoms with Gasteiger partial charge >= 0.3 is 0 Å². The number of hydrogen-bond acceptors (Lipinski definition) is 2. The van der Waals surface area contributed by atoms with Gasteiger partial charge in [0.2, 0.25) is 0 Å². The molecule has 0 saturated carbocycles. The maximum Gasteiger partial charge on any atom is 0.189 e. The van der Waals surface area contributed by atoms with Crippen molar-refractivity contribution in [2.75, 3.05) is 0 Å². The maximum atomic E-state index is 12.4. The molecule has 0 saturated heterocycles. The van der Waals surface area contributed by atoms with E-state index in [0.29, 0.717) is 10.6 Å². The van der Waals surface area contributed by atoms with E-state index >= 15 is 0 Å². The van der Waals surface area contributed by atoms with E-state index in [1.54, 1.807) is 35.2 Å². The number of allylic oxidation sites excluding steroid dienone is 1. The van der Waals surface area contributed by atoms with Crippen molar-refractivity contribution >= 4 is 23.5 Å². The highest BCUT2D eigenvalue weighted by Gasteiger charge is 2.12. The summed E-state index contributed by atoms with van der Waals surface area (Å²) in [6.45, 7) is 1.89. The van der Waals surface area contributed by atoms with Crippen molar-refractivity contribution in [1.82, 2.24) is 9.78 Å². The Morgan fingerprint density at radius 2 is 1.78 bits per heavy atom. The monoisotopic (exact) mass is 322 g/mol. The van der Waals surface area contributed by atoms with Gasteiger partial charge in [0.15, 0.2) is 5.78 Å². The topological polar surface area (TPSA) is 34.9 Å². The van der Waals surface area contributed by atoms with Crippen LogP contribution in [0.1, 0.15) is 21.6 Å². The Morgan fingerprint density at radius 1 is 1.09 bits per heavy atom. The standard InChI is InChI=1S/C19H15ClN2O/c1-14-18(13-21-22(14)17-5-3-2-4-6-17)19(23)12-9-15-7-10-16(20)11-8-15/h2-13H,1H3/b12-9+. The van der Waals surface area contributed by atoms with Crippen LogP contribution in [0, 0.1) is 6.92 Å². The third-order valence-corrected chi connectivity index (χ3v) is 3.83. The van der Waals surface area contributed by atoms with Gasteiger partial charge in [-0.05, 0) is 42.8 Å². The summed E-state index contributed by atoms with van der Waals surface area (Å²) in [6.07, 6.45) is 4.94. The fourth-order valence-corrected chi connectivity index (χ4v) is 2.44. The molecule has 3 nitrogen and oxygen atoms in total. The largest absolute Gasteiger partial charge is 0.289 e. The van der Waals surface area contributed by atoms with E-state index in [4.69, 9.17) is 11.6 Å². The van der Waals surface area contributed by atoms with Crippen molar-refractivity contribution in [2.45, 2.75) is 6.92 Å². The third kappa shape index (κ3) is 3.41. The molecule has 0 amide bonds. The van der Waals surface area contributed by atoms with Gasteiger partial charge in [0.1, 0.15) is 0 Å². The summed E-state index contributed by atoms with van der Waals surface area (Å²) in [5, 5.41) is 4.99. The summed E-state index contributed by atoms with van der Waals surface area (Å²) in [7, 11) is 0. The second-order valence-corrected chi connectivity index (χ2v) is 5.58. The summed E-state index contributed by atoms with van der Waals surface area (Å²) >= 11 is 5.85. The molecular weight excluding hydrogens is 308 g/mol. The lowest BCUT2D eigenvalue weighted by Crippen LogP contribution is -2.01. The van der Waals surface area contributed by atoms with Crippen LogP contribution >= 0.6 is 11.6 Å². The van der Waals surface area contributed by atoms with E-state index in [0.717, 1.165) is 16.9 Å². The van der Waals surface area contributed by atoms with Crippen LogP contribution in [-0.4, -0.2) is 15.6 Å². The molecule has 4 heteroatoms. The lowest BCUT2D eigenvalue weighted by molar-refractivity contribution is 0.104. The molecule has 114 valence electrons. The molecule has 0 aliphatic carbocycles. The predicted molar refractivity (Wildman–Crippen MR) is 93.1 cm³/mol. The first-order valence-corrected chi connectivity index (χ1v) is 7.61. The first-order valence-electron chi connectivity index (χ1n) is 7.23. The minimum atomic E-state index is -0.0698. The zero-order chi connectivity index (χ0) is 16.2. The average Bonchev–Trinajstić information content (AvgIpc) is 2.96. The molecule has 0 fully saturated rings. The van der Waals surface area contributed by atoms with Crippen LogP contribution < -0.4 is 0 Å². The summed E-state index contributed by atoms with van der Waals surface area (Å²) in [5.41, 5.74) is 3.28. The van der Waals surface area contributed by atoms with Crippen LogP contribution in [0.4, 0.5) is 0 Å². The Morgan fingerprint density at radius 3 is 2.48 bits per heavy atom. The molecule has 0 radical (unpaired) electrons. The number of carbonyl (C=O) groups is 1. The molecule has 3 rings (SSSR count). The van der Waals surface area contributed by atoms with Gasteiger partial charge in [-0.25, -0.2) is 4.68 Å². The molecule has 0 spiro atoms. The molecule has 0 atom stereocenters. The molecule has 1 aromatic heterocycles. The number of halogens is 1. The van der Waals surface area contributed by atoms with Crippen molar-refractivity contribution in [3.05, 3.63) is 88.7 Å². The third-order valence-electron chi connectivity index (χ3n) is 3.57. The maximum absolute atomic E-state index is 12.4. The number of carbonyl (C=O) groups excluding carboxylic acids is 1. The number of nitrogens with zero attached hydrogens (tertiary/aromatic N) is 2. The highest BCUT2D eigenvalue weighted by atomic mass is 35.5. The zero-order valence-electron chi connectivity index (χ0n) is 12.6. The number of para-hydroxylation sites is 1. The van der Waals surface area contributed by atoms with Crippen molar-refractivity contribution < 1.29 is 4.79 Å². The van der Waals surface area contributed by atoms with Crippen molar-refractivity contribution in [3.8, 4) is 5.69 Å². The fourth-order valence-electron chi connectivity index (χ4n) is 2.32. The van der Waals surface area contributed by atoms with Crippen molar-refractivity contribution in [3.63, 3.8) is 0 Å². The Kier molecular flexibility index (Phi) is 4.40. The van der Waals surface area contributed by atoms with Gasteiger partial charge in [-0.15, -0.1) is 0 Å². The molecule has 0 aliphatic heterocycles. The Bertz CT molecular complexity index is 849. The molecule has 23 heavy (non-hydrogen) atoms. The van der Waals surface area contributed by atoms with Crippen LogP contribution in [-0.2, 0) is 0 Å². The minimum Gasteiger partial charge on any atom is -0.289 e. The first kappa shape index (κ1) is 15.3. The van der Waals surface area contributed by atoms with Gasteiger partial charge in [-0.3, -0.25) is 4.79 Å². The Balaban J connectivity index is 1.83. The molecular formula is C19H15ClN2O. The number of rotatable bonds is 4. The normalized spacial score (nSPS) is 11.0. The summed E-state index contributed by atoms with van der Waals surface area (Å²) in [6, 6.07) is 17.1. The van der Waals surface area contributed by atoms with Crippen LogP contribution in [0.25, 0.3) is 11.8 Å². The van der Waals surface area contributed by atoms with Crippen LogP contribution in [0.2, 0.25) is 5.02 Å². The number of benzene rings is 2. The van der Waals surface area contributed by atoms with Gasteiger partial charge in [0.25, 0.3) is 0 Å². The minimum absolute atomic E-state index is 0.0698. The molecule has 0 bridgehead atoms. The van der Waals surface area contributed by atoms with E-state index in [-0.39, 0.29) is 5.78 Å². The second kappa shape index (κ2) is 6.63. The molecule has 0 aliphatic rings. The molecule has 2 aromatic carbocycles. The van der Waals surface area contributed by atoms with Gasteiger partial charge in [-0.2, -0.15) is 5.10 Å². The predicted octanol–water partition coefficient (Wildman–Crippen LogP) is 4.73. The van der Waals surface area contributed by atoms with Gasteiger partial charge in [0, 0.05) is 5.02 Å². The SMILES string of the molecule is Cc1c(C(=O)/C=C/c2ccc(Cl)cc2)cnn1-c1ccccc1. The van der Waals surface area contributed by atoms with E-state index in [9.17, 15) is 4.79 Å². The van der Waals surface area contributed by atoms with Crippen LogP contribution in [0.5, 0.6) is 0 Å². The molecule has 0 N–H and O–H groups in total. The Labute approximate surface area is 139 Å². The van der Waals surface area contributed by atoms with Crippen molar-refractivity contribution in [2.24, 2.45) is 0 Å². The van der Waals surface area contributed by atoms with E-state index in [1.165, 1.54) is 0 Å². The average molecular weight is 323 g/mol. The molecule has 1 heterocycles. The highest BCUT2D eigenvalue weighted by Crippen LogP contribution is 2.16. The lowest BCUT2D eigenvalue weighted by atomic mass is 10.1. The Hall–Kier alpha value is -2.65. The first-order chi connectivity index (χ1) is 11.1. The molecule has 3 aromatic rings. The van der Waals surface area contributed by atoms with Gasteiger partial charge in [0.05, 0.1) is 23.1 Å². The van der Waals surface area contributed by atoms with E-state index in [1.807, 2.05) is 49.4 Å². The highest BCUT2D eigenvalue weighted by molar-refractivity contribution is 6.30. The number of ketones is 1. The number of aromatic nitrogens is 2.